The van der Waals surface area contributed by atoms with Gasteiger partial charge in [0.2, 0.25) is 0 Å². The zero-order valence-corrected chi connectivity index (χ0v) is 11.8. The van der Waals surface area contributed by atoms with Crippen molar-refractivity contribution in [2.45, 2.75) is 12.8 Å². The van der Waals surface area contributed by atoms with Gasteiger partial charge in [-0.1, -0.05) is 36.4 Å². The molecule has 20 heavy (non-hydrogen) atoms. The molecular formula is C18H18O2. The summed E-state index contributed by atoms with van der Waals surface area (Å²) in [5.74, 6) is 1.74. The van der Waals surface area contributed by atoms with Crippen molar-refractivity contribution in [1.29, 1.82) is 0 Å². The van der Waals surface area contributed by atoms with Crippen LogP contribution in [0.25, 0.3) is 5.57 Å². The predicted molar refractivity (Wildman–Crippen MR) is 81.4 cm³/mol. The third-order valence-electron chi connectivity index (χ3n) is 3.73. The van der Waals surface area contributed by atoms with Crippen molar-refractivity contribution in [1.82, 2.24) is 0 Å². The number of allylic oxidation sites excluding steroid dienone is 1. The highest BCUT2D eigenvalue weighted by molar-refractivity contribution is 5.86. The molecule has 102 valence electrons. The van der Waals surface area contributed by atoms with Gasteiger partial charge in [-0.15, -0.1) is 0 Å². The van der Waals surface area contributed by atoms with Crippen molar-refractivity contribution in [3.63, 3.8) is 0 Å². The first-order valence-electron chi connectivity index (χ1n) is 6.84. The number of fused-ring (bicyclic) bond motifs is 1. The molecule has 0 amide bonds. The largest absolute Gasteiger partial charge is 0.497 e. The third-order valence-corrected chi connectivity index (χ3v) is 3.73. The lowest BCUT2D eigenvalue weighted by molar-refractivity contribution is 0.392. The van der Waals surface area contributed by atoms with Gasteiger partial charge < -0.3 is 9.47 Å². The Bertz CT molecular complexity index is 642. The average Bonchev–Trinajstić information content (AvgIpc) is 2.53. The summed E-state index contributed by atoms with van der Waals surface area (Å²) in [6, 6.07) is 14.5. The average molecular weight is 266 g/mol. The van der Waals surface area contributed by atoms with E-state index in [2.05, 4.69) is 36.4 Å². The van der Waals surface area contributed by atoms with Gasteiger partial charge in [-0.3, -0.25) is 0 Å². The van der Waals surface area contributed by atoms with Crippen LogP contribution in [0, 0.1) is 0 Å². The Hall–Kier alpha value is -2.22. The highest BCUT2D eigenvalue weighted by atomic mass is 16.5. The Morgan fingerprint density at radius 3 is 2.45 bits per heavy atom. The van der Waals surface area contributed by atoms with Crippen molar-refractivity contribution >= 4 is 5.57 Å². The van der Waals surface area contributed by atoms with Crippen molar-refractivity contribution in [3.05, 3.63) is 65.2 Å². The molecule has 1 aliphatic rings. The van der Waals surface area contributed by atoms with Gasteiger partial charge in [-0.05, 0) is 35.6 Å². The van der Waals surface area contributed by atoms with E-state index in [-0.39, 0.29) is 0 Å². The molecule has 2 aromatic carbocycles. The lowest BCUT2D eigenvalue weighted by atomic mass is 9.86. The molecule has 0 aromatic heterocycles. The maximum atomic E-state index is 5.59. The Labute approximate surface area is 119 Å². The smallest absolute Gasteiger partial charge is 0.130 e. The van der Waals surface area contributed by atoms with Gasteiger partial charge in [0.15, 0.2) is 0 Å². The molecule has 0 atom stereocenters. The van der Waals surface area contributed by atoms with E-state index in [1.54, 1.807) is 14.2 Å². The summed E-state index contributed by atoms with van der Waals surface area (Å²) >= 11 is 0. The molecule has 3 rings (SSSR count). The number of hydrogen-bond donors (Lipinski definition) is 0. The second-order valence-electron chi connectivity index (χ2n) is 4.89. The molecule has 2 heteroatoms. The highest BCUT2D eigenvalue weighted by Gasteiger charge is 2.20. The lowest BCUT2D eigenvalue weighted by Gasteiger charge is -2.22. The molecule has 0 fully saturated rings. The number of aryl methyl sites for hydroxylation is 1. The van der Waals surface area contributed by atoms with Crippen LogP contribution in [0.3, 0.4) is 0 Å². The summed E-state index contributed by atoms with van der Waals surface area (Å²) in [7, 11) is 3.41. The normalized spacial score (nSPS) is 13.4. The molecule has 1 aliphatic carbocycles. The van der Waals surface area contributed by atoms with E-state index in [1.807, 2.05) is 12.1 Å². The molecule has 0 spiro atoms. The Morgan fingerprint density at radius 1 is 0.950 bits per heavy atom. The second kappa shape index (κ2) is 5.41. The van der Waals surface area contributed by atoms with E-state index in [1.165, 1.54) is 22.3 Å². The van der Waals surface area contributed by atoms with Crippen molar-refractivity contribution in [2.75, 3.05) is 14.2 Å². The standard InChI is InChI=1S/C18H18O2/c1-19-15-11-14-9-6-10-16(13-7-4-3-5-8-13)18(14)17(12-15)20-2/h3-5,7-8,10-12H,6,9H2,1-2H3. The van der Waals surface area contributed by atoms with Crippen LogP contribution in [0.4, 0.5) is 0 Å². The Balaban J connectivity index is 2.17. The Morgan fingerprint density at radius 2 is 1.75 bits per heavy atom. The second-order valence-corrected chi connectivity index (χ2v) is 4.89. The topological polar surface area (TPSA) is 18.5 Å². The molecule has 0 aliphatic heterocycles. The van der Waals surface area contributed by atoms with E-state index in [0.29, 0.717) is 0 Å². The Kier molecular flexibility index (Phi) is 3.46. The fraction of sp³-hybridized carbons (Fsp3) is 0.222. The molecule has 0 N–H and O–H groups in total. The summed E-state index contributed by atoms with van der Waals surface area (Å²) < 4.78 is 11.0. The lowest BCUT2D eigenvalue weighted by Crippen LogP contribution is -2.04. The van der Waals surface area contributed by atoms with Crippen LogP contribution in [0.1, 0.15) is 23.1 Å². The van der Waals surface area contributed by atoms with Crippen LogP contribution in [-0.2, 0) is 6.42 Å². The van der Waals surface area contributed by atoms with E-state index in [9.17, 15) is 0 Å². The van der Waals surface area contributed by atoms with E-state index in [4.69, 9.17) is 9.47 Å². The third kappa shape index (κ3) is 2.18. The van der Waals surface area contributed by atoms with Crippen LogP contribution in [-0.4, -0.2) is 14.2 Å². The van der Waals surface area contributed by atoms with E-state index >= 15 is 0 Å². The molecule has 0 bridgehead atoms. The van der Waals surface area contributed by atoms with Gasteiger partial charge in [0, 0.05) is 11.6 Å². The predicted octanol–water partition coefficient (Wildman–Crippen LogP) is 4.08. The van der Waals surface area contributed by atoms with Crippen LogP contribution < -0.4 is 9.47 Å². The molecule has 0 radical (unpaired) electrons. The first kappa shape index (κ1) is 12.8. The minimum atomic E-state index is 0.856. The van der Waals surface area contributed by atoms with Crippen LogP contribution >= 0.6 is 0 Å². The summed E-state index contributed by atoms with van der Waals surface area (Å²) in [6.07, 6.45) is 4.37. The van der Waals surface area contributed by atoms with Crippen LogP contribution in [0.2, 0.25) is 0 Å². The molecule has 0 saturated heterocycles. The maximum Gasteiger partial charge on any atom is 0.130 e. The van der Waals surface area contributed by atoms with Gasteiger partial charge in [-0.25, -0.2) is 0 Å². The summed E-state index contributed by atoms with van der Waals surface area (Å²) in [4.78, 5) is 0. The first-order chi connectivity index (χ1) is 9.83. The minimum absolute atomic E-state index is 0.856. The van der Waals surface area contributed by atoms with Crippen molar-refractivity contribution < 1.29 is 9.47 Å². The van der Waals surface area contributed by atoms with Gasteiger partial charge in [0.1, 0.15) is 11.5 Å². The molecule has 0 heterocycles. The maximum absolute atomic E-state index is 5.59. The molecule has 0 unspecified atom stereocenters. The van der Waals surface area contributed by atoms with E-state index in [0.717, 1.165) is 24.3 Å². The summed E-state index contributed by atoms with van der Waals surface area (Å²) in [5.41, 5.74) is 4.98. The van der Waals surface area contributed by atoms with Crippen molar-refractivity contribution in [2.24, 2.45) is 0 Å². The summed E-state index contributed by atoms with van der Waals surface area (Å²) in [6.45, 7) is 0. The van der Waals surface area contributed by atoms with Gasteiger partial charge in [0.25, 0.3) is 0 Å². The van der Waals surface area contributed by atoms with Crippen LogP contribution in [0.5, 0.6) is 11.5 Å². The summed E-state index contributed by atoms with van der Waals surface area (Å²) in [5, 5.41) is 0. The fourth-order valence-electron chi connectivity index (χ4n) is 2.78. The van der Waals surface area contributed by atoms with E-state index < -0.39 is 0 Å². The molecule has 2 aromatic rings. The van der Waals surface area contributed by atoms with Gasteiger partial charge >= 0.3 is 0 Å². The minimum Gasteiger partial charge on any atom is -0.497 e. The molecule has 2 nitrogen and oxygen atoms in total. The number of ether oxygens (including phenoxy) is 2. The quantitative estimate of drug-likeness (QED) is 0.833. The number of methoxy groups -OCH3 is 2. The number of rotatable bonds is 3. The number of benzene rings is 2. The SMILES string of the molecule is COc1cc2c(c(OC)c1)C(c1ccccc1)=CCC2. The van der Waals surface area contributed by atoms with Crippen LogP contribution in [0.15, 0.2) is 48.5 Å². The fourth-order valence-corrected chi connectivity index (χ4v) is 2.78. The van der Waals surface area contributed by atoms with Gasteiger partial charge in [0.05, 0.1) is 14.2 Å². The van der Waals surface area contributed by atoms with Gasteiger partial charge in [-0.2, -0.15) is 0 Å². The molecule has 0 saturated carbocycles. The zero-order valence-electron chi connectivity index (χ0n) is 11.8. The number of hydrogen-bond acceptors (Lipinski definition) is 2. The highest BCUT2D eigenvalue weighted by Crippen LogP contribution is 2.40. The van der Waals surface area contributed by atoms with Crippen molar-refractivity contribution in [3.8, 4) is 11.5 Å². The first-order valence-corrected chi connectivity index (χ1v) is 6.84. The zero-order chi connectivity index (χ0) is 13.9. The monoisotopic (exact) mass is 266 g/mol. The molecular weight excluding hydrogens is 248 g/mol.